The number of hydrogen-bond donors (Lipinski definition) is 0. The molecule has 2 amide bonds. The molecule has 2 saturated heterocycles. The van der Waals surface area contributed by atoms with Gasteiger partial charge in [-0.3, -0.25) is 9.59 Å². The SMILES string of the molecule is CC(=O)N1CCN(C(=O)[C@H]2Cc3cc(C(F)(F)F)ccc3N3CCN(c4ccccc4F)C[C@@H]23)CC1. The molecule has 2 fully saturated rings. The third kappa shape index (κ3) is 4.49. The molecule has 2 atom stereocenters. The van der Waals surface area contributed by atoms with Crippen molar-refractivity contribution in [1.82, 2.24) is 9.80 Å². The summed E-state index contributed by atoms with van der Waals surface area (Å²) in [6.07, 6.45) is -4.30. The standard InChI is InChI=1S/C26H28F4N4O2/c1-17(35)31-8-10-32(11-9-31)25(36)20-15-18-14-19(26(28,29)30)6-7-22(18)34-13-12-33(16-24(20)34)23-5-3-2-4-21(23)27/h2-7,14,20,24H,8-13,15-16H2,1H3/t20-,24-/m0/s1. The van der Waals surface area contributed by atoms with E-state index in [9.17, 15) is 27.2 Å². The Bertz CT molecular complexity index is 1160. The summed E-state index contributed by atoms with van der Waals surface area (Å²) >= 11 is 0. The average molecular weight is 505 g/mol. The minimum absolute atomic E-state index is 0.0487. The van der Waals surface area contributed by atoms with Crippen LogP contribution >= 0.6 is 0 Å². The number of anilines is 2. The van der Waals surface area contributed by atoms with Crippen molar-refractivity contribution in [3.63, 3.8) is 0 Å². The summed E-state index contributed by atoms with van der Waals surface area (Å²) in [5.41, 5.74) is 0.926. The maximum Gasteiger partial charge on any atom is 0.416 e. The summed E-state index contributed by atoms with van der Waals surface area (Å²) in [5.74, 6) is -1.11. The molecule has 0 radical (unpaired) electrons. The fourth-order valence-corrected chi connectivity index (χ4v) is 5.69. The maximum atomic E-state index is 14.6. The molecule has 192 valence electrons. The smallest absolute Gasteiger partial charge is 0.365 e. The Kier molecular flexibility index (Phi) is 6.30. The van der Waals surface area contributed by atoms with E-state index in [0.29, 0.717) is 62.8 Å². The van der Waals surface area contributed by atoms with Crippen LogP contribution in [0, 0.1) is 11.7 Å². The highest BCUT2D eigenvalue weighted by atomic mass is 19.4. The van der Waals surface area contributed by atoms with Crippen LogP contribution < -0.4 is 9.80 Å². The second-order valence-corrected chi connectivity index (χ2v) is 9.64. The molecule has 3 aliphatic heterocycles. The van der Waals surface area contributed by atoms with E-state index in [1.54, 1.807) is 28.0 Å². The molecular weight excluding hydrogens is 476 g/mol. The fraction of sp³-hybridized carbons (Fsp3) is 0.462. The van der Waals surface area contributed by atoms with Gasteiger partial charge in [-0.2, -0.15) is 13.2 Å². The lowest BCUT2D eigenvalue weighted by Gasteiger charge is -2.50. The summed E-state index contributed by atoms with van der Waals surface area (Å²) in [6.45, 7) is 4.43. The number of piperazine rings is 2. The van der Waals surface area contributed by atoms with Crippen molar-refractivity contribution >= 4 is 23.2 Å². The minimum atomic E-state index is -4.47. The Labute approximate surface area is 207 Å². The van der Waals surface area contributed by atoms with Crippen molar-refractivity contribution in [1.29, 1.82) is 0 Å². The van der Waals surface area contributed by atoms with Gasteiger partial charge < -0.3 is 19.6 Å². The van der Waals surface area contributed by atoms with Crippen LogP contribution in [0.3, 0.4) is 0 Å². The van der Waals surface area contributed by atoms with E-state index < -0.39 is 17.7 Å². The lowest BCUT2D eigenvalue weighted by atomic mass is 9.82. The Morgan fingerprint density at radius 2 is 1.58 bits per heavy atom. The maximum absolute atomic E-state index is 14.6. The van der Waals surface area contributed by atoms with Gasteiger partial charge in [-0.15, -0.1) is 0 Å². The zero-order chi connectivity index (χ0) is 25.6. The Hall–Kier alpha value is -3.30. The summed E-state index contributed by atoms with van der Waals surface area (Å²) in [5, 5.41) is 0. The number of amides is 2. The van der Waals surface area contributed by atoms with E-state index in [1.807, 2.05) is 9.80 Å². The number of fused-ring (bicyclic) bond motifs is 3. The highest BCUT2D eigenvalue weighted by Gasteiger charge is 2.44. The lowest BCUT2D eigenvalue weighted by Crippen LogP contribution is -2.62. The summed E-state index contributed by atoms with van der Waals surface area (Å²) in [7, 11) is 0. The highest BCUT2D eigenvalue weighted by Crippen LogP contribution is 2.41. The quantitative estimate of drug-likeness (QED) is 0.589. The lowest BCUT2D eigenvalue weighted by molar-refractivity contribution is -0.142. The first-order valence-electron chi connectivity index (χ1n) is 12.1. The highest BCUT2D eigenvalue weighted by molar-refractivity contribution is 5.83. The molecule has 0 bridgehead atoms. The molecule has 0 aromatic heterocycles. The second kappa shape index (κ2) is 9.29. The third-order valence-electron chi connectivity index (χ3n) is 7.59. The molecule has 0 spiro atoms. The number of para-hydroxylation sites is 1. The van der Waals surface area contributed by atoms with Gasteiger partial charge in [-0.05, 0) is 42.3 Å². The molecule has 10 heteroatoms. The average Bonchev–Trinajstić information content (AvgIpc) is 2.87. The number of halogens is 4. The van der Waals surface area contributed by atoms with Crippen molar-refractivity contribution in [2.75, 3.05) is 55.6 Å². The molecule has 3 heterocycles. The molecule has 0 aliphatic carbocycles. The molecule has 6 nitrogen and oxygen atoms in total. The number of hydrogen-bond acceptors (Lipinski definition) is 4. The molecule has 0 N–H and O–H groups in total. The first-order chi connectivity index (χ1) is 17.1. The van der Waals surface area contributed by atoms with Gasteiger partial charge in [-0.25, -0.2) is 4.39 Å². The van der Waals surface area contributed by atoms with Gasteiger partial charge in [0.05, 0.1) is 23.2 Å². The number of benzene rings is 2. The Morgan fingerprint density at radius 3 is 2.25 bits per heavy atom. The number of carbonyl (C=O) groups is 2. The molecule has 3 aliphatic rings. The first kappa shape index (κ1) is 24.4. The molecule has 0 saturated carbocycles. The van der Waals surface area contributed by atoms with Crippen LogP contribution in [-0.4, -0.2) is 73.5 Å². The van der Waals surface area contributed by atoms with Crippen LogP contribution in [-0.2, 0) is 22.2 Å². The predicted molar refractivity (Wildman–Crippen MR) is 127 cm³/mol. The van der Waals surface area contributed by atoms with Crippen molar-refractivity contribution < 1.29 is 27.2 Å². The van der Waals surface area contributed by atoms with Crippen LogP contribution in [0.4, 0.5) is 28.9 Å². The van der Waals surface area contributed by atoms with Crippen LogP contribution in [0.25, 0.3) is 0 Å². The van der Waals surface area contributed by atoms with E-state index in [2.05, 4.69) is 0 Å². The van der Waals surface area contributed by atoms with Crippen LogP contribution in [0.2, 0.25) is 0 Å². The van der Waals surface area contributed by atoms with Crippen molar-refractivity contribution in [2.45, 2.75) is 25.6 Å². The van der Waals surface area contributed by atoms with Crippen molar-refractivity contribution in [3.05, 3.63) is 59.4 Å². The van der Waals surface area contributed by atoms with Gasteiger partial charge in [0.1, 0.15) is 5.82 Å². The zero-order valence-corrected chi connectivity index (χ0v) is 20.0. The number of nitrogens with zero attached hydrogens (tertiary/aromatic N) is 4. The van der Waals surface area contributed by atoms with E-state index in [-0.39, 0.29) is 30.1 Å². The molecule has 36 heavy (non-hydrogen) atoms. The fourth-order valence-electron chi connectivity index (χ4n) is 5.69. The second-order valence-electron chi connectivity index (χ2n) is 9.64. The largest absolute Gasteiger partial charge is 0.416 e. The summed E-state index contributed by atoms with van der Waals surface area (Å²) in [4.78, 5) is 32.8. The van der Waals surface area contributed by atoms with Crippen molar-refractivity contribution in [3.8, 4) is 0 Å². The van der Waals surface area contributed by atoms with Gasteiger partial charge in [-0.1, -0.05) is 12.1 Å². The van der Waals surface area contributed by atoms with E-state index in [4.69, 9.17) is 0 Å². The topological polar surface area (TPSA) is 47.1 Å². The van der Waals surface area contributed by atoms with E-state index in [0.717, 1.165) is 12.1 Å². The first-order valence-corrected chi connectivity index (χ1v) is 12.1. The van der Waals surface area contributed by atoms with Gasteiger partial charge >= 0.3 is 6.18 Å². The van der Waals surface area contributed by atoms with E-state index >= 15 is 0 Å². The number of rotatable bonds is 2. The van der Waals surface area contributed by atoms with Crippen LogP contribution in [0.5, 0.6) is 0 Å². The molecule has 2 aromatic carbocycles. The Morgan fingerprint density at radius 1 is 0.889 bits per heavy atom. The zero-order valence-electron chi connectivity index (χ0n) is 20.0. The van der Waals surface area contributed by atoms with Gasteiger partial charge in [0.2, 0.25) is 11.8 Å². The van der Waals surface area contributed by atoms with Gasteiger partial charge in [0.15, 0.2) is 0 Å². The molecular formula is C26H28F4N4O2. The summed E-state index contributed by atoms with van der Waals surface area (Å²) in [6, 6.07) is 9.90. The number of alkyl halides is 3. The normalized spacial score (nSPS) is 22.2. The van der Waals surface area contributed by atoms with Gasteiger partial charge in [0.25, 0.3) is 0 Å². The third-order valence-corrected chi connectivity index (χ3v) is 7.59. The molecule has 2 aromatic rings. The summed E-state index contributed by atoms with van der Waals surface area (Å²) < 4.78 is 54.9. The van der Waals surface area contributed by atoms with Gasteiger partial charge in [0, 0.05) is 58.4 Å². The Balaban J connectivity index is 1.46. The van der Waals surface area contributed by atoms with E-state index in [1.165, 1.54) is 19.1 Å². The monoisotopic (exact) mass is 504 g/mol. The van der Waals surface area contributed by atoms with Crippen molar-refractivity contribution in [2.24, 2.45) is 5.92 Å². The molecule has 5 rings (SSSR count). The minimum Gasteiger partial charge on any atom is -0.365 e. The van der Waals surface area contributed by atoms with Crippen LogP contribution in [0.15, 0.2) is 42.5 Å². The number of carbonyl (C=O) groups excluding carboxylic acids is 2. The predicted octanol–water partition coefficient (Wildman–Crippen LogP) is 3.40. The molecule has 0 unspecified atom stereocenters. The van der Waals surface area contributed by atoms with Crippen LogP contribution in [0.1, 0.15) is 18.1 Å².